The van der Waals surface area contributed by atoms with Crippen molar-refractivity contribution in [3.05, 3.63) is 11.5 Å². The highest BCUT2D eigenvalue weighted by Crippen LogP contribution is 2.21. The van der Waals surface area contributed by atoms with Gasteiger partial charge in [-0.2, -0.15) is 15.1 Å². The number of aliphatic hydroxyl groups excluding tert-OH is 1. The van der Waals surface area contributed by atoms with E-state index in [4.69, 9.17) is 16.7 Å². The van der Waals surface area contributed by atoms with Gasteiger partial charge in [-0.25, -0.2) is 0 Å². The van der Waals surface area contributed by atoms with E-state index in [1.807, 2.05) is 6.92 Å². The van der Waals surface area contributed by atoms with Crippen LogP contribution in [0.3, 0.4) is 0 Å². The van der Waals surface area contributed by atoms with Crippen molar-refractivity contribution in [1.29, 1.82) is 0 Å². The highest BCUT2D eigenvalue weighted by atomic mass is 35.5. The lowest BCUT2D eigenvalue weighted by molar-refractivity contribution is 0.278. The summed E-state index contributed by atoms with van der Waals surface area (Å²) in [6.45, 7) is 2.18. The highest BCUT2D eigenvalue weighted by Gasteiger charge is 2.12. The van der Waals surface area contributed by atoms with E-state index in [1.165, 1.54) is 0 Å². The number of hydrogen-bond acceptors (Lipinski definition) is 5. The largest absolute Gasteiger partial charge is 0.396 e. The van der Waals surface area contributed by atoms with Gasteiger partial charge in [-0.05, 0) is 24.4 Å². The summed E-state index contributed by atoms with van der Waals surface area (Å²) in [5.41, 5.74) is 0.603. The molecule has 0 saturated heterocycles. The quantitative estimate of drug-likeness (QED) is 0.706. The average Bonchev–Trinajstić information content (AvgIpc) is 2.76. The molecule has 0 saturated carbocycles. The fraction of sp³-hybridized carbons (Fsp3) is 0.500. The highest BCUT2D eigenvalue weighted by molar-refractivity contribution is 6.28. The molecule has 2 aromatic rings. The van der Waals surface area contributed by atoms with E-state index in [1.54, 1.807) is 6.20 Å². The number of halogens is 1. The molecule has 1 atom stereocenters. The number of aromatic amines is 1. The SMILES string of the molecule is CCC(CCO)Nc1nc(Cl)nc2[nH]ncc12. The molecule has 7 heteroatoms. The van der Waals surface area contributed by atoms with Crippen LogP contribution in [0.4, 0.5) is 5.82 Å². The van der Waals surface area contributed by atoms with E-state index in [0.29, 0.717) is 17.9 Å². The summed E-state index contributed by atoms with van der Waals surface area (Å²) in [5, 5.41) is 19.8. The second-order valence-corrected chi connectivity index (χ2v) is 4.07. The minimum absolute atomic E-state index is 0.138. The first kappa shape index (κ1) is 12.1. The van der Waals surface area contributed by atoms with Crippen molar-refractivity contribution in [2.24, 2.45) is 0 Å². The Morgan fingerprint density at radius 1 is 1.53 bits per heavy atom. The molecule has 0 aliphatic heterocycles. The lowest BCUT2D eigenvalue weighted by Crippen LogP contribution is -2.20. The Kier molecular flexibility index (Phi) is 3.75. The van der Waals surface area contributed by atoms with Gasteiger partial charge >= 0.3 is 0 Å². The second kappa shape index (κ2) is 5.29. The van der Waals surface area contributed by atoms with Crippen molar-refractivity contribution >= 4 is 28.5 Å². The summed E-state index contributed by atoms with van der Waals surface area (Å²) in [6, 6.07) is 0.157. The summed E-state index contributed by atoms with van der Waals surface area (Å²) >= 11 is 5.83. The van der Waals surface area contributed by atoms with Crippen molar-refractivity contribution in [2.75, 3.05) is 11.9 Å². The topological polar surface area (TPSA) is 86.7 Å². The van der Waals surface area contributed by atoms with E-state index in [-0.39, 0.29) is 17.9 Å². The van der Waals surface area contributed by atoms with Crippen molar-refractivity contribution in [1.82, 2.24) is 20.2 Å². The van der Waals surface area contributed by atoms with Crippen molar-refractivity contribution in [3.63, 3.8) is 0 Å². The van der Waals surface area contributed by atoms with E-state index in [2.05, 4.69) is 25.5 Å². The third-order valence-electron chi connectivity index (χ3n) is 2.59. The molecule has 0 fully saturated rings. The molecule has 6 nitrogen and oxygen atoms in total. The molecule has 0 amide bonds. The van der Waals surface area contributed by atoms with Crippen LogP contribution in [0.2, 0.25) is 5.28 Å². The van der Waals surface area contributed by atoms with E-state index in [0.717, 1.165) is 11.8 Å². The average molecular weight is 256 g/mol. The van der Waals surface area contributed by atoms with Crippen LogP contribution in [0.5, 0.6) is 0 Å². The Balaban J connectivity index is 2.30. The molecule has 1 unspecified atom stereocenters. The smallest absolute Gasteiger partial charge is 0.226 e. The number of aromatic nitrogens is 4. The number of rotatable bonds is 5. The molecule has 0 aliphatic rings. The van der Waals surface area contributed by atoms with E-state index < -0.39 is 0 Å². The lowest BCUT2D eigenvalue weighted by Gasteiger charge is -2.16. The van der Waals surface area contributed by atoms with Gasteiger partial charge in [-0.15, -0.1) is 0 Å². The fourth-order valence-corrected chi connectivity index (χ4v) is 1.81. The first-order valence-corrected chi connectivity index (χ1v) is 5.86. The van der Waals surface area contributed by atoms with Crippen LogP contribution in [0.1, 0.15) is 19.8 Å². The number of hydrogen-bond donors (Lipinski definition) is 3. The predicted molar refractivity (Wildman–Crippen MR) is 66.1 cm³/mol. The van der Waals surface area contributed by atoms with Crippen LogP contribution >= 0.6 is 11.6 Å². The zero-order valence-electron chi connectivity index (χ0n) is 9.44. The third-order valence-corrected chi connectivity index (χ3v) is 2.76. The Morgan fingerprint density at radius 2 is 2.35 bits per heavy atom. The number of fused-ring (bicyclic) bond motifs is 1. The molecule has 0 bridgehead atoms. The molecule has 0 aromatic carbocycles. The molecule has 2 heterocycles. The monoisotopic (exact) mass is 255 g/mol. The molecule has 2 rings (SSSR count). The molecule has 92 valence electrons. The van der Waals surface area contributed by atoms with Gasteiger partial charge in [0.2, 0.25) is 5.28 Å². The standard InChI is InChI=1S/C10H14ClN5O/c1-2-6(3-4-17)13-8-7-5-12-16-9(7)15-10(11)14-8/h5-6,17H,2-4H2,1H3,(H2,12,13,14,15,16). The minimum atomic E-state index is 0.138. The molecule has 0 radical (unpaired) electrons. The summed E-state index contributed by atoms with van der Waals surface area (Å²) in [6.07, 6.45) is 3.21. The maximum absolute atomic E-state index is 8.96. The minimum Gasteiger partial charge on any atom is -0.396 e. The zero-order valence-corrected chi connectivity index (χ0v) is 10.2. The number of anilines is 1. The molecule has 17 heavy (non-hydrogen) atoms. The van der Waals surface area contributed by atoms with Crippen LogP contribution in [0.25, 0.3) is 11.0 Å². The summed E-state index contributed by atoms with van der Waals surface area (Å²) in [5.74, 6) is 0.647. The summed E-state index contributed by atoms with van der Waals surface area (Å²) in [4.78, 5) is 8.17. The van der Waals surface area contributed by atoms with Gasteiger partial charge in [-0.3, -0.25) is 5.10 Å². The van der Waals surface area contributed by atoms with Crippen LogP contribution in [-0.2, 0) is 0 Å². The maximum Gasteiger partial charge on any atom is 0.226 e. The Morgan fingerprint density at radius 3 is 3.06 bits per heavy atom. The van der Waals surface area contributed by atoms with Crippen molar-refractivity contribution in [3.8, 4) is 0 Å². The Bertz CT molecular complexity index is 500. The molecular formula is C10H14ClN5O. The van der Waals surface area contributed by atoms with Gasteiger partial charge in [-0.1, -0.05) is 6.92 Å². The van der Waals surface area contributed by atoms with Crippen molar-refractivity contribution < 1.29 is 5.11 Å². The third kappa shape index (κ3) is 2.65. The molecule has 3 N–H and O–H groups in total. The van der Waals surface area contributed by atoms with E-state index >= 15 is 0 Å². The van der Waals surface area contributed by atoms with Crippen LogP contribution < -0.4 is 5.32 Å². The van der Waals surface area contributed by atoms with Gasteiger partial charge in [0.05, 0.1) is 11.6 Å². The van der Waals surface area contributed by atoms with Crippen LogP contribution in [-0.4, -0.2) is 37.9 Å². The molecule has 2 aromatic heterocycles. The van der Waals surface area contributed by atoms with Crippen LogP contribution in [0.15, 0.2) is 6.20 Å². The number of nitrogens with one attached hydrogen (secondary N) is 2. The predicted octanol–water partition coefficient (Wildman–Crippen LogP) is 1.58. The molecule has 0 spiro atoms. The maximum atomic E-state index is 8.96. The fourth-order valence-electron chi connectivity index (χ4n) is 1.65. The van der Waals surface area contributed by atoms with E-state index in [9.17, 15) is 0 Å². The normalized spacial score (nSPS) is 12.9. The van der Waals surface area contributed by atoms with Crippen molar-refractivity contribution in [2.45, 2.75) is 25.8 Å². The molecule has 0 aliphatic carbocycles. The number of nitrogens with zero attached hydrogens (tertiary/aromatic N) is 3. The first-order valence-electron chi connectivity index (χ1n) is 5.48. The summed E-state index contributed by atoms with van der Waals surface area (Å²) < 4.78 is 0. The lowest BCUT2D eigenvalue weighted by atomic mass is 10.1. The molecular weight excluding hydrogens is 242 g/mol. The van der Waals surface area contributed by atoms with Gasteiger partial charge < -0.3 is 10.4 Å². The van der Waals surface area contributed by atoms with Gasteiger partial charge in [0, 0.05) is 12.6 Å². The first-order chi connectivity index (χ1) is 8.24. The number of aliphatic hydroxyl groups is 1. The zero-order chi connectivity index (χ0) is 12.3. The van der Waals surface area contributed by atoms with Gasteiger partial charge in [0.15, 0.2) is 5.65 Å². The van der Waals surface area contributed by atoms with Crippen LogP contribution in [0, 0.1) is 0 Å². The van der Waals surface area contributed by atoms with Gasteiger partial charge in [0.1, 0.15) is 5.82 Å². The Labute approximate surface area is 103 Å². The number of H-pyrrole nitrogens is 1. The Hall–Kier alpha value is -1.40. The second-order valence-electron chi connectivity index (χ2n) is 3.74. The van der Waals surface area contributed by atoms with Gasteiger partial charge in [0.25, 0.3) is 0 Å². The summed E-state index contributed by atoms with van der Waals surface area (Å²) in [7, 11) is 0.